The molecule has 0 radical (unpaired) electrons. The standard InChI is InChI=1S/C27H32N2O4S/c1-3-4-5-6-7-24(30)23-18-34-27(28-23)17-29(15-20-8-11-22(31-2)12-9-20)16-21-10-13-25-26(14-21)33-19-32-25/h8-14,18H,3-7,15-17,19H2,1-2H3. The molecule has 0 fully saturated rings. The molecule has 2 aromatic carbocycles. The Kier molecular flexibility index (Phi) is 8.55. The molecule has 0 atom stereocenters. The number of aromatic nitrogens is 1. The number of fused-ring (bicyclic) bond motifs is 1. The number of hydrogen-bond acceptors (Lipinski definition) is 7. The molecule has 1 aliphatic heterocycles. The van der Waals surface area contributed by atoms with E-state index in [-0.39, 0.29) is 12.6 Å². The molecule has 0 saturated carbocycles. The van der Waals surface area contributed by atoms with Crippen molar-refractivity contribution < 1.29 is 19.0 Å². The summed E-state index contributed by atoms with van der Waals surface area (Å²) in [7, 11) is 1.67. The summed E-state index contributed by atoms with van der Waals surface area (Å²) in [6, 6.07) is 14.2. The van der Waals surface area contributed by atoms with Crippen LogP contribution in [-0.4, -0.2) is 29.6 Å². The summed E-state index contributed by atoms with van der Waals surface area (Å²) in [4.78, 5) is 19.6. The Morgan fingerprint density at radius 1 is 1.00 bits per heavy atom. The van der Waals surface area contributed by atoms with Crippen molar-refractivity contribution in [2.24, 2.45) is 0 Å². The lowest BCUT2D eigenvalue weighted by Crippen LogP contribution is -2.22. The van der Waals surface area contributed by atoms with Crippen LogP contribution in [0.15, 0.2) is 47.8 Å². The van der Waals surface area contributed by atoms with Crippen molar-refractivity contribution in [3.8, 4) is 17.2 Å². The highest BCUT2D eigenvalue weighted by Crippen LogP contribution is 2.33. The molecule has 6 nitrogen and oxygen atoms in total. The normalized spacial score (nSPS) is 12.3. The first-order chi connectivity index (χ1) is 16.6. The molecular formula is C27H32N2O4S. The van der Waals surface area contributed by atoms with Crippen LogP contribution >= 0.6 is 11.3 Å². The molecule has 3 aromatic rings. The lowest BCUT2D eigenvalue weighted by atomic mass is 10.1. The van der Waals surface area contributed by atoms with Crippen LogP contribution in [0, 0.1) is 0 Å². The van der Waals surface area contributed by atoms with Crippen molar-refractivity contribution in [2.75, 3.05) is 13.9 Å². The summed E-state index contributed by atoms with van der Waals surface area (Å²) < 4.78 is 16.3. The lowest BCUT2D eigenvalue weighted by molar-refractivity contribution is 0.0974. The minimum Gasteiger partial charge on any atom is -0.497 e. The number of Topliss-reactive ketones (excluding diaryl/α,β-unsaturated/α-hetero) is 1. The first-order valence-corrected chi connectivity index (χ1v) is 12.7. The maximum absolute atomic E-state index is 12.6. The van der Waals surface area contributed by atoms with Crippen LogP contribution in [0.25, 0.3) is 0 Å². The first-order valence-electron chi connectivity index (χ1n) is 11.9. The molecule has 0 amide bonds. The Balaban J connectivity index is 1.45. The SMILES string of the molecule is CCCCCCC(=O)c1csc(CN(Cc2ccc(OC)cc2)Cc2ccc3c(c2)OCO3)n1. The van der Waals surface area contributed by atoms with Gasteiger partial charge in [0.1, 0.15) is 16.5 Å². The number of carbonyl (C=O) groups is 1. The third-order valence-electron chi connectivity index (χ3n) is 5.86. The molecule has 1 aliphatic rings. The van der Waals surface area contributed by atoms with Crippen molar-refractivity contribution in [3.63, 3.8) is 0 Å². The number of ether oxygens (including phenoxy) is 3. The molecule has 0 aliphatic carbocycles. The highest BCUT2D eigenvalue weighted by atomic mass is 32.1. The van der Waals surface area contributed by atoms with Crippen molar-refractivity contribution in [1.82, 2.24) is 9.88 Å². The van der Waals surface area contributed by atoms with Gasteiger partial charge in [0, 0.05) is 24.9 Å². The van der Waals surface area contributed by atoms with Crippen LogP contribution in [0.1, 0.15) is 65.7 Å². The van der Waals surface area contributed by atoms with Gasteiger partial charge in [0.05, 0.1) is 13.7 Å². The minimum absolute atomic E-state index is 0.149. The highest BCUT2D eigenvalue weighted by molar-refractivity contribution is 7.09. The molecule has 7 heteroatoms. The molecule has 180 valence electrons. The average Bonchev–Trinajstić information content (AvgIpc) is 3.51. The van der Waals surface area contributed by atoms with Crippen LogP contribution in [-0.2, 0) is 19.6 Å². The Labute approximate surface area is 205 Å². The number of rotatable bonds is 13. The predicted molar refractivity (Wildman–Crippen MR) is 134 cm³/mol. The van der Waals surface area contributed by atoms with Crippen LogP contribution < -0.4 is 14.2 Å². The fourth-order valence-corrected chi connectivity index (χ4v) is 4.84. The summed E-state index contributed by atoms with van der Waals surface area (Å²) in [5.74, 6) is 2.56. The first kappa shape index (κ1) is 24.2. The lowest BCUT2D eigenvalue weighted by Gasteiger charge is -2.22. The molecule has 1 aromatic heterocycles. The topological polar surface area (TPSA) is 60.9 Å². The van der Waals surface area contributed by atoms with Gasteiger partial charge in [-0.2, -0.15) is 0 Å². The van der Waals surface area contributed by atoms with Crippen molar-refractivity contribution in [1.29, 1.82) is 0 Å². The number of unbranched alkanes of at least 4 members (excludes halogenated alkanes) is 3. The summed E-state index contributed by atoms with van der Waals surface area (Å²) in [6.45, 7) is 4.58. The molecule has 0 saturated heterocycles. The maximum atomic E-state index is 12.6. The third kappa shape index (κ3) is 6.58. The van der Waals surface area contributed by atoms with E-state index in [1.165, 1.54) is 18.4 Å². The zero-order valence-corrected chi connectivity index (χ0v) is 20.7. The fourth-order valence-electron chi connectivity index (χ4n) is 4.00. The average molecular weight is 481 g/mol. The van der Waals surface area contributed by atoms with E-state index in [2.05, 4.69) is 35.0 Å². The van der Waals surface area contributed by atoms with Crippen LogP contribution in [0.5, 0.6) is 17.2 Å². The summed E-state index contributed by atoms with van der Waals surface area (Å²) >= 11 is 1.56. The molecule has 0 spiro atoms. The van der Waals surface area contributed by atoms with E-state index in [1.807, 2.05) is 29.6 Å². The van der Waals surface area contributed by atoms with Crippen LogP contribution in [0.3, 0.4) is 0 Å². The van der Waals surface area contributed by atoms with Crippen molar-refractivity contribution in [2.45, 2.75) is 58.7 Å². The molecule has 0 bridgehead atoms. The van der Waals surface area contributed by atoms with Crippen LogP contribution in [0.2, 0.25) is 0 Å². The number of nitrogens with zero attached hydrogens (tertiary/aromatic N) is 2. The third-order valence-corrected chi connectivity index (χ3v) is 6.70. The van der Waals surface area contributed by atoms with Gasteiger partial charge < -0.3 is 14.2 Å². The molecular weight excluding hydrogens is 448 g/mol. The quantitative estimate of drug-likeness (QED) is 0.213. The molecule has 2 heterocycles. The highest BCUT2D eigenvalue weighted by Gasteiger charge is 2.17. The van der Waals surface area contributed by atoms with E-state index in [1.54, 1.807) is 18.4 Å². The smallest absolute Gasteiger partial charge is 0.231 e. The van der Waals surface area contributed by atoms with Crippen molar-refractivity contribution in [3.05, 3.63) is 69.7 Å². The molecule has 4 rings (SSSR count). The number of hydrogen-bond donors (Lipinski definition) is 0. The van der Waals surface area contributed by atoms with Crippen LogP contribution in [0.4, 0.5) is 0 Å². The second-order valence-electron chi connectivity index (χ2n) is 8.54. The largest absolute Gasteiger partial charge is 0.497 e. The molecule has 0 unspecified atom stereocenters. The van der Waals surface area contributed by atoms with E-state index in [4.69, 9.17) is 14.2 Å². The van der Waals surface area contributed by atoms with Gasteiger partial charge in [0.2, 0.25) is 6.79 Å². The zero-order valence-electron chi connectivity index (χ0n) is 19.9. The Hall–Kier alpha value is -2.90. The van der Waals surface area contributed by atoms with E-state index >= 15 is 0 Å². The van der Waals surface area contributed by atoms with Gasteiger partial charge in [-0.3, -0.25) is 9.69 Å². The van der Waals surface area contributed by atoms with Gasteiger partial charge in [0.25, 0.3) is 0 Å². The molecule has 34 heavy (non-hydrogen) atoms. The Morgan fingerprint density at radius 3 is 2.56 bits per heavy atom. The van der Waals surface area contributed by atoms with Gasteiger partial charge >= 0.3 is 0 Å². The minimum atomic E-state index is 0.149. The Bertz CT molecular complexity index is 1080. The summed E-state index contributed by atoms with van der Waals surface area (Å²) in [5.41, 5.74) is 2.93. The van der Waals surface area contributed by atoms with Gasteiger partial charge in [0.15, 0.2) is 17.3 Å². The van der Waals surface area contributed by atoms with Gasteiger partial charge in [-0.15, -0.1) is 11.3 Å². The Morgan fingerprint density at radius 2 is 1.76 bits per heavy atom. The van der Waals surface area contributed by atoms with Gasteiger partial charge in [-0.1, -0.05) is 44.4 Å². The monoisotopic (exact) mass is 480 g/mol. The van der Waals surface area contributed by atoms with Crippen molar-refractivity contribution >= 4 is 17.1 Å². The van der Waals surface area contributed by atoms with Gasteiger partial charge in [-0.05, 0) is 41.8 Å². The number of thiazole rings is 1. The second kappa shape index (κ2) is 12.0. The summed E-state index contributed by atoms with van der Waals surface area (Å²) in [5, 5.41) is 2.86. The zero-order chi connectivity index (χ0) is 23.8. The number of methoxy groups -OCH3 is 1. The predicted octanol–water partition coefficient (Wildman–Crippen LogP) is 6.24. The number of ketones is 1. The van der Waals surface area contributed by atoms with E-state index in [0.717, 1.165) is 53.8 Å². The maximum Gasteiger partial charge on any atom is 0.231 e. The van der Waals surface area contributed by atoms with E-state index in [0.29, 0.717) is 18.7 Å². The number of carbonyl (C=O) groups excluding carboxylic acids is 1. The second-order valence-corrected chi connectivity index (χ2v) is 9.48. The van der Waals surface area contributed by atoms with E-state index < -0.39 is 0 Å². The molecule has 0 N–H and O–H groups in total. The fraction of sp³-hybridized carbons (Fsp3) is 0.407. The summed E-state index contributed by atoms with van der Waals surface area (Å²) in [6.07, 6.45) is 4.96. The van der Waals surface area contributed by atoms with Gasteiger partial charge in [-0.25, -0.2) is 4.98 Å². The number of benzene rings is 2. The van der Waals surface area contributed by atoms with E-state index in [9.17, 15) is 4.79 Å².